The predicted molar refractivity (Wildman–Crippen MR) is 66.5 cm³/mol. The van der Waals surface area contributed by atoms with Crippen LogP contribution in [-0.4, -0.2) is 17.9 Å². The average Bonchev–Trinajstić information content (AvgIpc) is 2.91. The molecule has 0 unspecified atom stereocenters. The fraction of sp³-hybridized carbons (Fsp3) is 0.286. The van der Waals surface area contributed by atoms with Gasteiger partial charge in [-0.05, 0) is 24.1 Å². The van der Waals surface area contributed by atoms with Crippen molar-refractivity contribution in [3.63, 3.8) is 0 Å². The van der Waals surface area contributed by atoms with Crippen molar-refractivity contribution in [2.24, 2.45) is 0 Å². The topological polar surface area (TPSA) is 52.3 Å². The number of aromatic nitrogens is 1. The zero-order valence-corrected chi connectivity index (χ0v) is 10.0. The molecule has 0 spiro atoms. The molecule has 0 aliphatic heterocycles. The van der Waals surface area contributed by atoms with Gasteiger partial charge in [0, 0.05) is 6.42 Å². The van der Waals surface area contributed by atoms with Crippen LogP contribution in [0.1, 0.15) is 17.9 Å². The molecule has 1 aromatic heterocycles. The maximum Gasteiger partial charge on any atom is 0.197 e. The Morgan fingerprint density at radius 3 is 2.72 bits per heavy atom. The first kappa shape index (κ1) is 12.4. The van der Waals surface area contributed by atoms with Crippen molar-refractivity contribution in [2.75, 3.05) is 6.61 Å². The monoisotopic (exact) mass is 245 g/mol. The van der Waals surface area contributed by atoms with Crippen molar-refractivity contribution in [2.45, 2.75) is 19.3 Å². The molecule has 0 radical (unpaired) electrons. The van der Waals surface area contributed by atoms with Crippen LogP contribution in [0.5, 0.6) is 5.75 Å². The van der Waals surface area contributed by atoms with E-state index in [9.17, 15) is 4.79 Å². The summed E-state index contributed by atoms with van der Waals surface area (Å²) in [6, 6.07) is 7.78. The number of aldehydes is 1. The molecule has 0 saturated heterocycles. The smallest absolute Gasteiger partial charge is 0.197 e. The zero-order valence-electron chi connectivity index (χ0n) is 10.0. The van der Waals surface area contributed by atoms with Crippen LogP contribution < -0.4 is 4.74 Å². The van der Waals surface area contributed by atoms with Gasteiger partial charge in [0.15, 0.2) is 5.89 Å². The number of benzene rings is 1. The van der Waals surface area contributed by atoms with Crippen LogP contribution in [-0.2, 0) is 17.6 Å². The van der Waals surface area contributed by atoms with E-state index in [2.05, 4.69) is 4.98 Å². The lowest BCUT2D eigenvalue weighted by molar-refractivity contribution is -0.107. The van der Waals surface area contributed by atoms with Gasteiger partial charge in [0.05, 0.1) is 19.2 Å². The summed E-state index contributed by atoms with van der Waals surface area (Å²) in [6.07, 6.45) is 6.10. The van der Waals surface area contributed by atoms with Crippen LogP contribution in [0.2, 0.25) is 0 Å². The van der Waals surface area contributed by atoms with Crippen molar-refractivity contribution in [1.29, 1.82) is 0 Å². The summed E-state index contributed by atoms with van der Waals surface area (Å²) < 4.78 is 10.7. The van der Waals surface area contributed by atoms with Crippen molar-refractivity contribution in [3.05, 3.63) is 48.2 Å². The maximum atomic E-state index is 10.3. The zero-order chi connectivity index (χ0) is 12.6. The molecule has 0 atom stereocenters. The van der Waals surface area contributed by atoms with Crippen LogP contribution in [0.4, 0.5) is 0 Å². The van der Waals surface area contributed by atoms with Crippen LogP contribution in [0.3, 0.4) is 0 Å². The standard InChI is InChI=1S/C14H15NO3/c16-9-1-2-12-3-5-13(6-4-12)17-10-7-14-15-8-11-18-14/h3-6,8-9,11H,1-2,7,10H2. The Balaban J connectivity index is 1.77. The number of hydrogen-bond acceptors (Lipinski definition) is 4. The van der Waals surface area contributed by atoms with E-state index in [0.717, 1.165) is 24.0 Å². The molecular formula is C14H15NO3. The Kier molecular flexibility index (Phi) is 4.53. The van der Waals surface area contributed by atoms with Gasteiger partial charge in [-0.2, -0.15) is 0 Å². The van der Waals surface area contributed by atoms with Gasteiger partial charge in [-0.3, -0.25) is 0 Å². The summed E-state index contributed by atoms with van der Waals surface area (Å²) in [6.45, 7) is 0.536. The van der Waals surface area contributed by atoms with Gasteiger partial charge in [0.1, 0.15) is 18.3 Å². The molecule has 18 heavy (non-hydrogen) atoms. The molecule has 0 bridgehead atoms. The highest BCUT2D eigenvalue weighted by Gasteiger charge is 1.99. The van der Waals surface area contributed by atoms with E-state index in [1.807, 2.05) is 24.3 Å². The third-order valence-corrected chi connectivity index (χ3v) is 2.54. The van der Waals surface area contributed by atoms with Crippen molar-refractivity contribution in [1.82, 2.24) is 4.98 Å². The second-order valence-electron chi connectivity index (χ2n) is 3.87. The van der Waals surface area contributed by atoms with Gasteiger partial charge in [-0.25, -0.2) is 4.98 Å². The molecule has 0 saturated carbocycles. The van der Waals surface area contributed by atoms with Crippen LogP contribution >= 0.6 is 0 Å². The number of hydrogen-bond donors (Lipinski definition) is 0. The summed E-state index contributed by atoms with van der Waals surface area (Å²) in [5.41, 5.74) is 1.14. The molecule has 0 aliphatic carbocycles. The average molecular weight is 245 g/mol. The van der Waals surface area contributed by atoms with E-state index in [1.54, 1.807) is 12.5 Å². The normalized spacial score (nSPS) is 10.2. The van der Waals surface area contributed by atoms with E-state index >= 15 is 0 Å². The number of nitrogens with zero attached hydrogens (tertiary/aromatic N) is 1. The molecule has 2 aromatic rings. The second kappa shape index (κ2) is 6.59. The first-order chi connectivity index (χ1) is 8.88. The molecule has 0 N–H and O–H groups in total. The summed E-state index contributed by atoms with van der Waals surface area (Å²) in [5, 5.41) is 0. The quantitative estimate of drug-likeness (QED) is 0.703. The Morgan fingerprint density at radius 1 is 1.22 bits per heavy atom. The Labute approximate surface area is 106 Å². The summed E-state index contributed by atoms with van der Waals surface area (Å²) >= 11 is 0. The molecule has 0 fully saturated rings. The van der Waals surface area contributed by atoms with E-state index < -0.39 is 0 Å². The lowest BCUT2D eigenvalue weighted by Crippen LogP contribution is -2.01. The number of rotatable bonds is 7. The second-order valence-corrected chi connectivity index (χ2v) is 3.87. The minimum Gasteiger partial charge on any atom is -0.493 e. The minimum atomic E-state index is 0.536. The number of carbonyl (C=O) groups is 1. The lowest BCUT2D eigenvalue weighted by Gasteiger charge is -2.05. The highest BCUT2D eigenvalue weighted by Crippen LogP contribution is 2.13. The van der Waals surface area contributed by atoms with Gasteiger partial charge in [0.2, 0.25) is 0 Å². The molecule has 1 aromatic carbocycles. The lowest BCUT2D eigenvalue weighted by atomic mass is 10.1. The molecule has 4 nitrogen and oxygen atoms in total. The molecule has 4 heteroatoms. The van der Waals surface area contributed by atoms with Crippen molar-refractivity contribution >= 4 is 6.29 Å². The highest BCUT2D eigenvalue weighted by atomic mass is 16.5. The molecule has 2 rings (SSSR count). The number of carbonyl (C=O) groups excluding carboxylic acids is 1. The first-order valence-electron chi connectivity index (χ1n) is 5.92. The number of aryl methyl sites for hydroxylation is 1. The Hall–Kier alpha value is -2.10. The molecular weight excluding hydrogens is 230 g/mol. The largest absolute Gasteiger partial charge is 0.493 e. The minimum absolute atomic E-state index is 0.536. The van der Waals surface area contributed by atoms with Gasteiger partial charge in [-0.15, -0.1) is 0 Å². The molecule has 0 aliphatic rings. The molecule has 1 heterocycles. The fourth-order valence-electron chi connectivity index (χ4n) is 1.61. The van der Waals surface area contributed by atoms with Gasteiger partial charge >= 0.3 is 0 Å². The highest BCUT2D eigenvalue weighted by molar-refractivity contribution is 5.50. The van der Waals surface area contributed by atoms with E-state index in [1.165, 1.54) is 0 Å². The van der Waals surface area contributed by atoms with E-state index in [0.29, 0.717) is 25.3 Å². The maximum absolute atomic E-state index is 10.3. The number of ether oxygens (including phenoxy) is 1. The van der Waals surface area contributed by atoms with E-state index in [-0.39, 0.29) is 0 Å². The van der Waals surface area contributed by atoms with Gasteiger partial charge in [0.25, 0.3) is 0 Å². The Bertz CT molecular complexity index is 462. The first-order valence-corrected chi connectivity index (χ1v) is 5.92. The Morgan fingerprint density at radius 2 is 2.06 bits per heavy atom. The summed E-state index contributed by atoms with van der Waals surface area (Å²) in [4.78, 5) is 14.3. The van der Waals surface area contributed by atoms with Crippen molar-refractivity contribution < 1.29 is 13.9 Å². The van der Waals surface area contributed by atoms with Crippen molar-refractivity contribution in [3.8, 4) is 5.75 Å². The van der Waals surface area contributed by atoms with Gasteiger partial charge < -0.3 is 13.9 Å². The van der Waals surface area contributed by atoms with E-state index in [4.69, 9.17) is 9.15 Å². The SMILES string of the molecule is O=CCCc1ccc(OCCc2ncco2)cc1. The third kappa shape index (κ3) is 3.73. The fourth-order valence-corrected chi connectivity index (χ4v) is 1.61. The predicted octanol–water partition coefficient (Wildman–Crippen LogP) is 2.43. The van der Waals surface area contributed by atoms with Crippen LogP contribution in [0.15, 0.2) is 41.1 Å². The molecule has 94 valence electrons. The third-order valence-electron chi connectivity index (χ3n) is 2.54. The number of oxazole rings is 1. The molecule has 0 amide bonds. The van der Waals surface area contributed by atoms with Crippen LogP contribution in [0, 0.1) is 0 Å². The summed E-state index contributed by atoms with van der Waals surface area (Å²) in [5.74, 6) is 1.49. The van der Waals surface area contributed by atoms with Crippen LogP contribution in [0.25, 0.3) is 0 Å². The van der Waals surface area contributed by atoms with Gasteiger partial charge in [-0.1, -0.05) is 12.1 Å². The summed E-state index contributed by atoms with van der Waals surface area (Å²) in [7, 11) is 0.